The number of halogens is 2. The molecule has 1 aliphatic heterocycles. The van der Waals surface area contributed by atoms with Crippen LogP contribution in [0.15, 0.2) is 53.3 Å². The number of aromatic nitrogens is 1. The van der Waals surface area contributed by atoms with E-state index in [1.807, 2.05) is 0 Å². The highest BCUT2D eigenvalue weighted by atomic mass is 19.1. The van der Waals surface area contributed by atoms with Gasteiger partial charge in [0.1, 0.15) is 29.7 Å². The van der Waals surface area contributed by atoms with E-state index in [9.17, 15) is 18.4 Å². The van der Waals surface area contributed by atoms with Crippen LogP contribution in [0.1, 0.15) is 11.5 Å². The molecule has 0 aliphatic carbocycles. The normalized spacial score (nSPS) is 17.8. The van der Waals surface area contributed by atoms with Crippen LogP contribution < -0.4 is 20.7 Å². The van der Waals surface area contributed by atoms with Gasteiger partial charge in [0.05, 0.1) is 13.3 Å². The van der Waals surface area contributed by atoms with Crippen molar-refractivity contribution in [1.82, 2.24) is 15.6 Å². The number of methoxy groups -OCH3 is 1. The molecule has 1 unspecified atom stereocenters. The third-order valence-corrected chi connectivity index (χ3v) is 4.95. The van der Waals surface area contributed by atoms with Gasteiger partial charge in [0.15, 0.2) is 0 Å². The fourth-order valence-electron chi connectivity index (χ4n) is 3.46. The monoisotopic (exact) mass is 428 g/mol. The van der Waals surface area contributed by atoms with Crippen molar-refractivity contribution >= 4 is 17.6 Å². The van der Waals surface area contributed by atoms with Gasteiger partial charge in [0.2, 0.25) is 11.8 Å². The molecule has 0 saturated carbocycles. The van der Waals surface area contributed by atoms with E-state index >= 15 is 0 Å². The number of oxazole rings is 1. The zero-order chi connectivity index (χ0) is 22.0. The first-order chi connectivity index (χ1) is 15.0. The highest BCUT2D eigenvalue weighted by molar-refractivity contribution is 5.95. The first-order valence-corrected chi connectivity index (χ1v) is 9.34. The number of carbonyl (C=O) groups is 2. The number of carbonyl (C=O) groups excluding carboxylic acids is 2. The second-order valence-electron chi connectivity index (χ2n) is 6.85. The Hall–Kier alpha value is -3.95. The summed E-state index contributed by atoms with van der Waals surface area (Å²) in [6.07, 6.45) is 2.97. The van der Waals surface area contributed by atoms with E-state index in [0.717, 1.165) is 17.7 Å². The van der Waals surface area contributed by atoms with Gasteiger partial charge in [-0.25, -0.2) is 18.6 Å². The van der Waals surface area contributed by atoms with Crippen molar-refractivity contribution < 1.29 is 27.5 Å². The summed E-state index contributed by atoms with van der Waals surface area (Å²) < 4.78 is 39.0. The highest BCUT2D eigenvalue weighted by Gasteiger charge is 2.40. The minimum absolute atomic E-state index is 0.0191. The van der Waals surface area contributed by atoms with Crippen LogP contribution in [-0.4, -0.2) is 36.6 Å². The molecule has 1 aromatic heterocycles. The molecule has 0 bridgehead atoms. The molecule has 2 aromatic carbocycles. The second kappa shape index (κ2) is 8.42. The maximum Gasteiger partial charge on any atom is 0.319 e. The molecule has 1 fully saturated rings. The number of benzene rings is 2. The molecule has 3 aromatic rings. The van der Waals surface area contributed by atoms with Crippen LogP contribution in [0.5, 0.6) is 5.75 Å². The molecule has 3 amide bonds. The fourth-order valence-corrected chi connectivity index (χ4v) is 3.46. The van der Waals surface area contributed by atoms with Crippen LogP contribution in [0.3, 0.4) is 0 Å². The van der Waals surface area contributed by atoms with Gasteiger partial charge in [-0.2, -0.15) is 0 Å². The number of ether oxygens (including phenoxy) is 1. The molecule has 2 atom stereocenters. The molecule has 3 N–H and O–H groups in total. The van der Waals surface area contributed by atoms with Gasteiger partial charge in [-0.1, -0.05) is 0 Å². The van der Waals surface area contributed by atoms with Crippen molar-refractivity contribution in [3.05, 3.63) is 66.1 Å². The van der Waals surface area contributed by atoms with Gasteiger partial charge in [-0.3, -0.25) is 4.79 Å². The predicted molar refractivity (Wildman–Crippen MR) is 107 cm³/mol. The molecule has 160 valence electrons. The number of hydrogen-bond acceptors (Lipinski definition) is 5. The summed E-state index contributed by atoms with van der Waals surface area (Å²) in [5.41, 5.74) is 0.876. The highest BCUT2D eigenvalue weighted by Crippen LogP contribution is 2.31. The zero-order valence-corrected chi connectivity index (χ0v) is 16.3. The number of rotatable bonds is 5. The SMILES string of the molecule is COc1cc(F)c([C@@H]2CNC(=O)C2NC(=O)Nc2ccc(-c3ncco3)cc2)c(F)c1. The number of amides is 3. The summed E-state index contributed by atoms with van der Waals surface area (Å²) in [5, 5.41) is 7.62. The van der Waals surface area contributed by atoms with Gasteiger partial charge < -0.3 is 25.1 Å². The van der Waals surface area contributed by atoms with Crippen molar-refractivity contribution in [3.8, 4) is 17.2 Å². The third kappa shape index (κ3) is 4.18. The average Bonchev–Trinajstić information content (AvgIpc) is 3.40. The minimum Gasteiger partial charge on any atom is -0.497 e. The Morgan fingerprint density at radius 2 is 1.94 bits per heavy atom. The third-order valence-electron chi connectivity index (χ3n) is 4.95. The number of nitrogens with zero attached hydrogens (tertiary/aromatic N) is 1. The van der Waals surface area contributed by atoms with E-state index in [4.69, 9.17) is 9.15 Å². The topological polar surface area (TPSA) is 105 Å². The van der Waals surface area contributed by atoms with Crippen LogP contribution in [0, 0.1) is 11.6 Å². The van der Waals surface area contributed by atoms with E-state index in [-0.39, 0.29) is 17.9 Å². The number of hydrogen-bond donors (Lipinski definition) is 3. The first kappa shape index (κ1) is 20.3. The van der Waals surface area contributed by atoms with Gasteiger partial charge in [-0.05, 0) is 24.3 Å². The van der Waals surface area contributed by atoms with Gasteiger partial charge in [0.25, 0.3) is 0 Å². The zero-order valence-electron chi connectivity index (χ0n) is 16.3. The molecular weight excluding hydrogens is 410 g/mol. The molecule has 8 nitrogen and oxygen atoms in total. The largest absolute Gasteiger partial charge is 0.497 e. The molecule has 2 heterocycles. The smallest absolute Gasteiger partial charge is 0.319 e. The first-order valence-electron chi connectivity index (χ1n) is 9.34. The average molecular weight is 428 g/mol. The quantitative estimate of drug-likeness (QED) is 0.579. The Morgan fingerprint density at radius 3 is 2.55 bits per heavy atom. The predicted octanol–water partition coefficient (Wildman–Crippen LogP) is 3.03. The summed E-state index contributed by atoms with van der Waals surface area (Å²) in [6, 6.07) is 6.90. The Morgan fingerprint density at radius 1 is 1.23 bits per heavy atom. The minimum atomic E-state index is -1.15. The summed E-state index contributed by atoms with van der Waals surface area (Å²) in [5.74, 6) is -2.71. The van der Waals surface area contributed by atoms with Crippen molar-refractivity contribution in [1.29, 1.82) is 0 Å². The van der Waals surface area contributed by atoms with E-state index in [1.54, 1.807) is 24.3 Å². The molecule has 0 spiro atoms. The summed E-state index contributed by atoms with van der Waals surface area (Å²) >= 11 is 0. The van der Waals surface area contributed by atoms with E-state index in [0.29, 0.717) is 11.6 Å². The van der Waals surface area contributed by atoms with Crippen LogP contribution in [0.2, 0.25) is 0 Å². The van der Waals surface area contributed by atoms with Crippen LogP contribution >= 0.6 is 0 Å². The van der Waals surface area contributed by atoms with E-state index in [1.165, 1.54) is 19.6 Å². The Labute approximate surface area is 175 Å². The Kier molecular flexibility index (Phi) is 5.52. The van der Waals surface area contributed by atoms with Gasteiger partial charge in [0, 0.05) is 41.4 Å². The van der Waals surface area contributed by atoms with Crippen molar-refractivity contribution in [2.24, 2.45) is 0 Å². The van der Waals surface area contributed by atoms with E-state index in [2.05, 4.69) is 20.9 Å². The molecule has 4 rings (SSSR count). The van der Waals surface area contributed by atoms with Crippen molar-refractivity contribution in [2.45, 2.75) is 12.0 Å². The number of urea groups is 1. The lowest BCUT2D eigenvalue weighted by molar-refractivity contribution is -0.120. The standard InChI is InChI=1S/C21H18F2N4O4/c1-30-13-8-15(22)17(16(23)9-13)14-10-25-19(28)18(14)27-21(29)26-12-4-2-11(3-5-12)20-24-6-7-31-20/h2-9,14,18H,10H2,1H3,(H,25,28)(H2,26,27,29)/t14-,18?/m0/s1. The maximum atomic E-state index is 14.5. The number of anilines is 1. The van der Waals surface area contributed by atoms with Crippen LogP contribution in [-0.2, 0) is 4.79 Å². The molecule has 0 radical (unpaired) electrons. The van der Waals surface area contributed by atoms with Crippen molar-refractivity contribution in [3.63, 3.8) is 0 Å². The molecule has 1 saturated heterocycles. The van der Waals surface area contributed by atoms with Gasteiger partial charge >= 0.3 is 6.03 Å². The fraction of sp³-hybridized carbons (Fsp3) is 0.190. The van der Waals surface area contributed by atoms with Crippen LogP contribution in [0.25, 0.3) is 11.5 Å². The Bertz CT molecular complexity index is 1080. The Balaban J connectivity index is 1.47. The summed E-state index contributed by atoms with van der Waals surface area (Å²) in [7, 11) is 1.29. The van der Waals surface area contributed by atoms with Crippen LogP contribution in [0.4, 0.5) is 19.3 Å². The number of nitrogens with one attached hydrogen (secondary N) is 3. The summed E-state index contributed by atoms with van der Waals surface area (Å²) in [4.78, 5) is 28.7. The molecule has 10 heteroatoms. The molecule has 1 aliphatic rings. The molecule has 31 heavy (non-hydrogen) atoms. The lowest BCUT2D eigenvalue weighted by Crippen LogP contribution is -2.45. The second-order valence-corrected chi connectivity index (χ2v) is 6.85. The lowest BCUT2D eigenvalue weighted by atomic mass is 9.93. The van der Waals surface area contributed by atoms with Gasteiger partial charge in [-0.15, -0.1) is 0 Å². The maximum absolute atomic E-state index is 14.5. The lowest BCUT2D eigenvalue weighted by Gasteiger charge is -2.20. The summed E-state index contributed by atoms with van der Waals surface area (Å²) in [6.45, 7) is -0.0191. The molecular formula is C21H18F2N4O4. The van der Waals surface area contributed by atoms with E-state index < -0.39 is 35.5 Å². The van der Waals surface area contributed by atoms with Crippen molar-refractivity contribution in [2.75, 3.05) is 19.0 Å².